The number of aromatic nitrogens is 1. The molecule has 0 radical (unpaired) electrons. The van der Waals surface area contributed by atoms with Gasteiger partial charge in [0.1, 0.15) is 0 Å². The smallest absolute Gasteiger partial charge is 0.0794 e. The zero-order chi connectivity index (χ0) is 11.7. The molecule has 0 aliphatic carbocycles. The third kappa shape index (κ3) is 2.17. The first-order chi connectivity index (χ1) is 8.28. The van der Waals surface area contributed by atoms with Gasteiger partial charge < -0.3 is 5.32 Å². The van der Waals surface area contributed by atoms with Crippen molar-refractivity contribution in [1.29, 1.82) is 0 Å². The molecule has 0 unspecified atom stereocenters. The van der Waals surface area contributed by atoms with E-state index in [9.17, 15) is 0 Å². The van der Waals surface area contributed by atoms with Crippen molar-refractivity contribution in [3.63, 3.8) is 0 Å². The first-order valence-electron chi connectivity index (χ1n) is 5.62. The first-order valence-corrected chi connectivity index (χ1v) is 7.36. The molecule has 2 aromatic rings. The normalized spacial score (nSPS) is 17.7. The number of nitrogens with zero attached hydrogens (tertiary/aromatic N) is 1. The molecule has 1 saturated heterocycles. The first kappa shape index (κ1) is 11.4. The third-order valence-corrected chi connectivity index (χ3v) is 4.50. The predicted molar refractivity (Wildman–Crippen MR) is 74.5 cm³/mol. The molecule has 1 aliphatic rings. The summed E-state index contributed by atoms with van der Waals surface area (Å²) in [6.45, 7) is 2.09. The van der Waals surface area contributed by atoms with Crippen LogP contribution in [0.2, 0.25) is 0 Å². The van der Waals surface area contributed by atoms with Crippen LogP contribution in [-0.4, -0.2) is 18.1 Å². The molecule has 0 amide bonds. The molecule has 4 heteroatoms. The van der Waals surface area contributed by atoms with Crippen molar-refractivity contribution in [2.75, 3.05) is 13.1 Å². The fourth-order valence-corrected chi connectivity index (χ4v) is 3.31. The van der Waals surface area contributed by atoms with Gasteiger partial charge in [-0.2, -0.15) is 0 Å². The summed E-state index contributed by atoms with van der Waals surface area (Å²) in [4.78, 5) is 4.41. The standard InChI is InChI=1S/C13H13BrN2S/c14-11-3-1-2-10(4-11)13(7-15-8-13)5-12-6-17-9-16-12/h1-4,6,9,15H,5,7-8H2. The van der Waals surface area contributed by atoms with Gasteiger partial charge in [-0.05, 0) is 17.7 Å². The minimum absolute atomic E-state index is 0.234. The second kappa shape index (κ2) is 4.52. The summed E-state index contributed by atoms with van der Waals surface area (Å²) in [5.74, 6) is 0. The molecule has 3 rings (SSSR count). The molecule has 1 N–H and O–H groups in total. The topological polar surface area (TPSA) is 24.9 Å². The lowest BCUT2D eigenvalue weighted by Gasteiger charge is -2.43. The number of hydrogen-bond acceptors (Lipinski definition) is 3. The maximum absolute atomic E-state index is 4.41. The Morgan fingerprint density at radius 2 is 2.29 bits per heavy atom. The minimum atomic E-state index is 0.234. The molecule has 0 saturated carbocycles. The Kier molecular flexibility index (Phi) is 3.03. The van der Waals surface area contributed by atoms with E-state index in [1.54, 1.807) is 11.3 Å². The van der Waals surface area contributed by atoms with E-state index in [0.717, 1.165) is 24.0 Å². The lowest BCUT2D eigenvalue weighted by molar-refractivity contribution is 0.273. The van der Waals surface area contributed by atoms with E-state index in [2.05, 4.69) is 55.9 Å². The second-order valence-corrected chi connectivity index (χ2v) is 6.19. The Bertz CT molecular complexity index is 506. The number of halogens is 1. The molecule has 1 aromatic heterocycles. The van der Waals surface area contributed by atoms with Crippen molar-refractivity contribution in [2.45, 2.75) is 11.8 Å². The molecule has 2 heterocycles. The lowest BCUT2D eigenvalue weighted by atomic mass is 9.72. The molecule has 1 aliphatic heterocycles. The fourth-order valence-electron chi connectivity index (χ4n) is 2.35. The largest absolute Gasteiger partial charge is 0.315 e. The van der Waals surface area contributed by atoms with Gasteiger partial charge in [0.2, 0.25) is 0 Å². The van der Waals surface area contributed by atoms with E-state index < -0.39 is 0 Å². The maximum atomic E-state index is 4.41. The van der Waals surface area contributed by atoms with Crippen LogP contribution in [0.1, 0.15) is 11.3 Å². The lowest BCUT2D eigenvalue weighted by Crippen LogP contribution is -2.58. The van der Waals surface area contributed by atoms with Gasteiger partial charge in [-0.1, -0.05) is 28.1 Å². The highest BCUT2D eigenvalue weighted by molar-refractivity contribution is 9.10. The Morgan fingerprint density at radius 3 is 2.88 bits per heavy atom. The molecule has 0 atom stereocenters. The van der Waals surface area contributed by atoms with Crippen molar-refractivity contribution in [3.05, 3.63) is 50.9 Å². The Morgan fingerprint density at radius 1 is 1.41 bits per heavy atom. The zero-order valence-electron chi connectivity index (χ0n) is 9.32. The Balaban J connectivity index is 1.92. The van der Waals surface area contributed by atoms with Crippen molar-refractivity contribution in [1.82, 2.24) is 10.3 Å². The second-order valence-electron chi connectivity index (χ2n) is 4.55. The molecule has 1 aromatic carbocycles. The average molecular weight is 309 g/mol. The van der Waals surface area contributed by atoms with E-state index in [1.807, 2.05) is 5.51 Å². The van der Waals surface area contributed by atoms with Gasteiger partial charge >= 0.3 is 0 Å². The van der Waals surface area contributed by atoms with E-state index in [1.165, 1.54) is 11.3 Å². The van der Waals surface area contributed by atoms with Crippen LogP contribution in [0.3, 0.4) is 0 Å². The average Bonchev–Trinajstić information content (AvgIpc) is 2.76. The quantitative estimate of drug-likeness (QED) is 0.943. The number of benzene rings is 1. The van der Waals surface area contributed by atoms with Crippen LogP contribution in [0.4, 0.5) is 0 Å². The zero-order valence-corrected chi connectivity index (χ0v) is 11.7. The summed E-state index contributed by atoms with van der Waals surface area (Å²) in [6.07, 6.45) is 1.03. The van der Waals surface area contributed by atoms with Crippen LogP contribution in [0.5, 0.6) is 0 Å². The SMILES string of the molecule is Brc1cccc(C2(Cc3cscn3)CNC2)c1. The van der Waals surface area contributed by atoms with Crippen LogP contribution < -0.4 is 5.32 Å². The number of nitrogens with one attached hydrogen (secondary N) is 1. The van der Waals surface area contributed by atoms with Gasteiger partial charge in [-0.15, -0.1) is 11.3 Å². The minimum Gasteiger partial charge on any atom is -0.315 e. The summed E-state index contributed by atoms with van der Waals surface area (Å²) in [5.41, 5.74) is 4.75. The molecular formula is C13H13BrN2S. The molecule has 0 spiro atoms. The highest BCUT2D eigenvalue weighted by atomic mass is 79.9. The number of thiazole rings is 1. The maximum Gasteiger partial charge on any atom is 0.0794 e. The monoisotopic (exact) mass is 308 g/mol. The summed E-state index contributed by atoms with van der Waals surface area (Å²) < 4.78 is 1.15. The third-order valence-electron chi connectivity index (χ3n) is 3.37. The van der Waals surface area contributed by atoms with E-state index in [0.29, 0.717) is 0 Å². The summed E-state index contributed by atoms with van der Waals surface area (Å²) >= 11 is 5.22. The Hall–Kier alpha value is -0.710. The van der Waals surface area contributed by atoms with Crippen molar-refractivity contribution >= 4 is 27.3 Å². The van der Waals surface area contributed by atoms with Crippen LogP contribution >= 0.6 is 27.3 Å². The molecule has 2 nitrogen and oxygen atoms in total. The van der Waals surface area contributed by atoms with Gasteiger partial charge in [0.05, 0.1) is 11.2 Å². The van der Waals surface area contributed by atoms with Crippen LogP contribution in [0.15, 0.2) is 39.6 Å². The molecule has 1 fully saturated rings. The van der Waals surface area contributed by atoms with E-state index in [-0.39, 0.29) is 5.41 Å². The van der Waals surface area contributed by atoms with E-state index in [4.69, 9.17) is 0 Å². The fraction of sp³-hybridized carbons (Fsp3) is 0.308. The molecule has 17 heavy (non-hydrogen) atoms. The van der Waals surface area contributed by atoms with Crippen molar-refractivity contribution in [2.24, 2.45) is 0 Å². The van der Waals surface area contributed by atoms with Gasteiger partial charge in [-0.25, -0.2) is 4.98 Å². The van der Waals surface area contributed by atoms with Gasteiger partial charge in [0.25, 0.3) is 0 Å². The Labute approximate surface area is 113 Å². The number of hydrogen-bond donors (Lipinski definition) is 1. The van der Waals surface area contributed by atoms with Gasteiger partial charge in [0, 0.05) is 34.8 Å². The number of rotatable bonds is 3. The highest BCUT2D eigenvalue weighted by Gasteiger charge is 2.39. The van der Waals surface area contributed by atoms with Crippen LogP contribution in [0, 0.1) is 0 Å². The van der Waals surface area contributed by atoms with Crippen LogP contribution in [-0.2, 0) is 11.8 Å². The van der Waals surface area contributed by atoms with Gasteiger partial charge in [0.15, 0.2) is 0 Å². The van der Waals surface area contributed by atoms with Crippen LogP contribution in [0.25, 0.3) is 0 Å². The van der Waals surface area contributed by atoms with Gasteiger partial charge in [-0.3, -0.25) is 0 Å². The summed E-state index contributed by atoms with van der Waals surface area (Å²) in [6, 6.07) is 8.64. The molecule has 0 bridgehead atoms. The summed E-state index contributed by atoms with van der Waals surface area (Å²) in [5, 5.41) is 5.54. The van der Waals surface area contributed by atoms with E-state index >= 15 is 0 Å². The summed E-state index contributed by atoms with van der Waals surface area (Å²) in [7, 11) is 0. The molecule has 88 valence electrons. The highest BCUT2D eigenvalue weighted by Crippen LogP contribution is 2.33. The molecular weight excluding hydrogens is 296 g/mol. The van der Waals surface area contributed by atoms with Crippen molar-refractivity contribution < 1.29 is 0 Å². The predicted octanol–water partition coefficient (Wildman–Crippen LogP) is 2.99. The van der Waals surface area contributed by atoms with Crippen molar-refractivity contribution in [3.8, 4) is 0 Å².